The lowest BCUT2D eigenvalue weighted by Crippen LogP contribution is -2.02. The summed E-state index contributed by atoms with van der Waals surface area (Å²) in [6.45, 7) is 1.41. The van der Waals surface area contributed by atoms with E-state index in [1.807, 2.05) is 0 Å². The Bertz CT molecular complexity index is 355. The summed E-state index contributed by atoms with van der Waals surface area (Å²) in [5, 5.41) is 8.66. The number of sulfone groups is 1. The van der Waals surface area contributed by atoms with Gasteiger partial charge in [0.05, 0.1) is 17.2 Å². The molecule has 0 saturated heterocycles. The van der Waals surface area contributed by atoms with Crippen LogP contribution in [0.25, 0.3) is 0 Å². The molecule has 1 heterocycles. The van der Waals surface area contributed by atoms with Crippen LogP contribution in [-0.4, -0.2) is 24.3 Å². The van der Waals surface area contributed by atoms with Gasteiger partial charge >= 0.3 is 0 Å². The minimum Gasteiger partial charge on any atom is -0.391 e. The Hall–Kier alpha value is -0.460. The lowest BCUT2D eigenvalue weighted by molar-refractivity contribution is 0.285. The number of hydrogen-bond donors (Lipinski definition) is 1. The minimum absolute atomic E-state index is 0.0470. The Morgan fingerprint density at radius 1 is 1.67 bits per heavy atom. The van der Waals surface area contributed by atoms with E-state index in [1.165, 1.54) is 6.20 Å². The van der Waals surface area contributed by atoms with Crippen LogP contribution in [0.2, 0.25) is 0 Å². The number of aromatic nitrogens is 1. The van der Waals surface area contributed by atoms with E-state index >= 15 is 0 Å². The summed E-state index contributed by atoms with van der Waals surface area (Å²) in [5.41, 5.74) is 0. The van der Waals surface area contributed by atoms with Crippen LogP contribution >= 0.6 is 11.3 Å². The quantitative estimate of drug-likeness (QED) is 0.780. The van der Waals surface area contributed by atoms with Gasteiger partial charge in [0.25, 0.3) is 0 Å². The smallest absolute Gasteiger partial charge is 0.209 e. The summed E-state index contributed by atoms with van der Waals surface area (Å²) in [6, 6.07) is 0. The molecule has 1 aromatic rings. The summed E-state index contributed by atoms with van der Waals surface area (Å²) in [7, 11) is -3.19. The fraction of sp³-hybridized carbons (Fsp3) is 0.500. The number of rotatable bonds is 3. The van der Waals surface area contributed by atoms with Crippen LogP contribution in [0.4, 0.5) is 0 Å². The van der Waals surface area contributed by atoms with Crippen molar-refractivity contribution in [2.75, 3.05) is 5.75 Å². The fourth-order valence-corrected chi connectivity index (χ4v) is 2.77. The van der Waals surface area contributed by atoms with Crippen molar-refractivity contribution in [3.8, 4) is 0 Å². The number of thiazole rings is 1. The van der Waals surface area contributed by atoms with Gasteiger partial charge in [-0.3, -0.25) is 0 Å². The average molecular weight is 207 g/mol. The molecule has 0 unspecified atom stereocenters. The van der Waals surface area contributed by atoms with Crippen molar-refractivity contribution in [3.05, 3.63) is 11.1 Å². The molecule has 0 atom stereocenters. The van der Waals surface area contributed by atoms with Crippen molar-refractivity contribution in [1.29, 1.82) is 0 Å². The van der Waals surface area contributed by atoms with Crippen molar-refractivity contribution in [2.45, 2.75) is 17.9 Å². The Morgan fingerprint density at radius 2 is 2.33 bits per heavy atom. The molecule has 68 valence electrons. The lowest BCUT2D eigenvalue weighted by Gasteiger charge is -1.91. The lowest BCUT2D eigenvalue weighted by atomic mass is 10.6. The number of nitrogens with zero attached hydrogens (tertiary/aromatic N) is 1. The highest BCUT2D eigenvalue weighted by Crippen LogP contribution is 2.18. The highest BCUT2D eigenvalue weighted by Gasteiger charge is 2.15. The first-order valence-electron chi connectivity index (χ1n) is 3.38. The van der Waals surface area contributed by atoms with E-state index in [9.17, 15) is 8.42 Å². The standard InChI is InChI=1S/C6H9NO3S2/c1-2-12(9,10)6-7-3-5(4-8)11-6/h3,8H,2,4H2,1H3. The average Bonchev–Trinajstić information content (AvgIpc) is 2.52. The molecule has 0 aliphatic carbocycles. The maximum absolute atomic E-state index is 11.2. The Morgan fingerprint density at radius 3 is 2.75 bits per heavy atom. The zero-order chi connectivity index (χ0) is 9.19. The third-order valence-corrected chi connectivity index (χ3v) is 4.52. The van der Waals surface area contributed by atoms with E-state index in [-0.39, 0.29) is 16.7 Å². The van der Waals surface area contributed by atoms with Crippen molar-refractivity contribution in [3.63, 3.8) is 0 Å². The third-order valence-electron chi connectivity index (χ3n) is 1.33. The molecule has 1 aromatic heterocycles. The molecular formula is C6H9NO3S2. The molecule has 1 rings (SSSR count). The van der Waals surface area contributed by atoms with Gasteiger partial charge in [0.2, 0.25) is 14.2 Å². The van der Waals surface area contributed by atoms with Gasteiger partial charge in [-0.1, -0.05) is 6.92 Å². The third kappa shape index (κ3) is 1.82. The maximum atomic E-state index is 11.2. The zero-order valence-electron chi connectivity index (χ0n) is 6.52. The van der Waals surface area contributed by atoms with E-state index in [4.69, 9.17) is 5.11 Å². The molecule has 0 aliphatic rings. The molecule has 0 aromatic carbocycles. The van der Waals surface area contributed by atoms with Gasteiger partial charge in [0.1, 0.15) is 0 Å². The van der Waals surface area contributed by atoms with Crippen LogP contribution in [0.15, 0.2) is 10.5 Å². The van der Waals surface area contributed by atoms with Crippen molar-refractivity contribution in [1.82, 2.24) is 4.98 Å². The van der Waals surface area contributed by atoms with Crippen LogP contribution in [0, 0.1) is 0 Å². The molecule has 4 nitrogen and oxygen atoms in total. The largest absolute Gasteiger partial charge is 0.391 e. The summed E-state index contributed by atoms with van der Waals surface area (Å²) in [6.07, 6.45) is 1.38. The van der Waals surface area contributed by atoms with Crippen molar-refractivity contribution in [2.24, 2.45) is 0 Å². The van der Waals surface area contributed by atoms with Gasteiger partial charge < -0.3 is 5.11 Å². The number of aliphatic hydroxyl groups is 1. The fourth-order valence-electron chi connectivity index (χ4n) is 0.630. The normalized spacial score (nSPS) is 11.8. The van der Waals surface area contributed by atoms with Gasteiger partial charge in [0.15, 0.2) is 0 Å². The highest BCUT2D eigenvalue weighted by atomic mass is 32.2. The summed E-state index contributed by atoms with van der Waals surface area (Å²) in [5.74, 6) is 0.0470. The van der Waals surface area contributed by atoms with Crippen molar-refractivity contribution >= 4 is 21.2 Å². The Kier molecular flexibility index (Phi) is 2.81. The first-order valence-corrected chi connectivity index (χ1v) is 5.85. The Balaban J connectivity index is 3.05. The molecule has 12 heavy (non-hydrogen) atoms. The first-order chi connectivity index (χ1) is 5.60. The van der Waals surface area contributed by atoms with Crippen LogP contribution in [-0.2, 0) is 16.4 Å². The second-order valence-electron chi connectivity index (χ2n) is 2.15. The van der Waals surface area contributed by atoms with Gasteiger partial charge in [-0.2, -0.15) is 0 Å². The van der Waals surface area contributed by atoms with E-state index in [2.05, 4.69) is 4.98 Å². The highest BCUT2D eigenvalue weighted by molar-refractivity contribution is 7.93. The molecule has 0 amide bonds. The number of hydrogen-bond acceptors (Lipinski definition) is 5. The van der Waals surface area contributed by atoms with Crippen LogP contribution < -0.4 is 0 Å². The topological polar surface area (TPSA) is 67.3 Å². The van der Waals surface area contributed by atoms with Gasteiger partial charge in [0, 0.05) is 6.20 Å². The van der Waals surface area contributed by atoms with Gasteiger partial charge in [-0.25, -0.2) is 13.4 Å². The van der Waals surface area contributed by atoms with Crippen LogP contribution in [0.5, 0.6) is 0 Å². The van der Waals surface area contributed by atoms with Gasteiger partial charge in [-0.05, 0) is 0 Å². The zero-order valence-corrected chi connectivity index (χ0v) is 8.15. The molecule has 0 spiro atoms. The predicted octanol–water partition coefficient (Wildman–Crippen LogP) is 0.429. The maximum Gasteiger partial charge on any atom is 0.209 e. The SMILES string of the molecule is CCS(=O)(=O)c1ncc(CO)s1. The minimum atomic E-state index is -3.19. The second kappa shape index (κ2) is 3.51. The molecule has 1 N–H and O–H groups in total. The van der Waals surface area contributed by atoms with Gasteiger partial charge in [-0.15, -0.1) is 11.3 Å². The summed E-state index contributed by atoms with van der Waals surface area (Å²) >= 11 is 1.02. The van der Waals surface area contributed by atoms with E-state index in [0.29, 0.717) is 4.88 Å². The summed E-state index contributed by atoms with van der Waals surface area (Å²) < 4.78 is 22.5. The molecule has 0 saturated carbocycles. The van der Waals surface area contributed by atoms with Crippen LogP contribution in [0.1, 0.15) is 11.8 Å². The molecule has 6 heteroatoms. The van der Waals surface area contributed by atoms with E-state index < -0.39 is 9.84 Å². The van der Waals surface area contributed by atoms with E-state index in [0.717, 1.165) is 11.3 Å². The molecule has 0 fully saturated rings. The van der Waals surface area contributed by atoms with Crippen molar-refractivity contribution < 1.29 is 13.5 Å². The second-order valence-corrected chi connectivity index (χ2v) is 5.72. The van der Waals surface area contributed by atoms with E-state index in [1.54, 1.807) is 6.92 Å². The molecule has 0 bridgehead atoms. The van der Waals surface area contributed by atoms with Crippen LogP contribution in [0.3, 0.4) is 0 Å². The Labute approximate surface area is 74.8 Å². The summed E-state index contributed by atoms with van der Waals surface area (Å²) in [4.78, 5) is 4.27. The molecule has 0 radical (unpaired) electrons. The first kappa shape index (κ1) is 9.63. The predicted molar refractivity (Wildman–Crippen MR) is 45.8 cm³/mol. The monoisotopic (exact) mass is 207 g/mol. The number of aliphatic hydroxyl groups excluding tert-OH is 1. The molecular weight excluding hydrogens is 198 g/mol. The molecule has 0 aliphatic heterocycles.